The van der Waals surface area contributed by atoms with Crippen LogP contribution in [-0.2, 0) is 14.8 Å². The second-order valence-electron chi connectivity index (χ2n) is 6.80. The molecule has 0 aliphatic carbocycles. The summed E-state index contributed by atoms with van der Waals surface area (Å²) in [5.41, 5.74) is 2.03. The first-order valence-electron chi connectivity index (χ1n) is 9.16. The van der Waals surface area contributed by atoms with E-state index in [0.29, 0.717) is 24.5 Å². The summed E-state index contributed by atoms with van der Waals surface area (Å²) in [4.78, 5) is 0.314. The zero-order valence-corrected chi connectivity index (χ0v) is 16.5. The van der Waals surface area contributed by atoms with Gasteiger partial charge in [-0.15, -0.1) is 0 Å². The van der Waals surface area contributed by atoms with Gasteiger partial charge in [0.05, 0.1) is 17.1 Å². The Hall–Kier alpha value is -2.15. The predicted molar refractivity (Wildman–Crippen MR) is 109 cm³/mol. The minimum absolute atomic E-state index is 0.0964. The largest absolute Gasteiger partial charge is 0.382 e. The van der Waals surface area contributed by atoms with Crippen LogP contribution >= 0.6 is 0 Å². The fourth-order valence-electron chi connectivity index (χ4n) is 3.16. The molecular formula is C21H26N2O3S. The summed E-state index contributed by atoms with van der Waals surface area (Å²) in [5.74, 6) is 0. The third-order valence-corrected chi connectivity index (χ3v) is 6.26. The second-order valence-corrected chi connectivity index (χ2v) is 8.74. The van der Waals surface area contributed by atoms with Crippen LogP contribution in [0.2, 0.25) is 0 Å². The highest BCUT2D eigenvalue weighted by molar-refractivity contribution is 7.89. The molecule has 2 atom stereocenters. The van der Waals surface area contributed by atoms with E-state index < -0.39 is 10.0 Å². The Bertz CT molecular complexity index is 854. The number of nitrogens with zero attached hydrogens (tertiary/aromatic N) is 1. The van der Waals surface area contributed by atoms with Crippen molar-refractivity contribution in [2.24, 2.45) is 0 Å². The lowest BCUT2D eigenvalue weighted by atomic mass is 10.2. The van der Waals surface area contributed by atoms with Gasteiger partial charge >= 0.3 is 0 Å². The predicted octanol–water partition coefficient (Wildman–Crippen LogP) is 3.61. The Balaban J connectivity index is 1.60. The van der Waals surface area contributed by atoms with Crippen LogP contribution in [0.4, 0.5) is 5.69 Å². The molecule has 0 saturated carbocycles. The van der Waals surface area contributed by atoms with Crippen molar-refractivity contribution in [3.8, 4) is 0 Å². The SMILES string of the molecule is CC1CN(S(=O)(=O)c2ccc(NC/C=C/c3ccccc3)cc2)CC(C)O1. The van der Waals surface area contributed by atoms with Gasteiger partial charge in [-0.05, 0) is 43.7 Å². The van der Waals surface area contributed by atoms with Crippen molar-refractivity contribution in [2.45, 2.75) is 31.0 Å². The third kappa shape index (κ3) is 5.19. The highest BCUT2D eigenvalue weighted by Gasteiger charge is 2.32. The molecule has 27 heavy (non-hydrogen) atoms. The summed E-state index contributed by atoms with van der Waals surface area (Å²) < 4.78 is 32.8. The quantitative estimate of drug-likeness (QED) is 0.824. The van der Waals surface area contributed by atoms with E-state index in [-0.39, 0.29) is 12.2 Å². The Morgan fingerprint density at radius 1 is 1.04 bits per heavy atom. The summed E-state index contributed by atoms with van der Waals surface area (Å²) in [6.45, 7) is 5.23. The molecule has 2 aromatic carbocycles. The maximum Gasteiger partial charge on any atom is 0.243 e. The molecule has 2 unspecified atom stereocenters. The van der Waals surface area contributed by atoms with Crippen LogP contribution in [0.5, 0.6) is 0 Å². The molecule has 0 aromatic heterocycles. The van der Waals surface area contributed by atoms with Gasteiger partial charge in [-0.3, -0.25) is 0 Å². The minimum Gasteiger partial charge on any atom is -0.382 e. The monoisotopic (exact) mass is 386 g/mol. The van der Waals surface area contributed by atoms with Crippen LogP contribution in [-0.4, -0.2) is 44.6 Å². The number of ether oxygens (including phenoxy) is 1. The van der Waals surface area contributed by atoms with E-state index >= 15 is 0 Å². The van der Waals surface area contributed by atoms with E-state index in [2.05, 4.69) is 5.32 Å². The van der Waals surface area contributed by atoms with Crippen molar-refractivity contribution in [3.05, 3.63) is 66.2 Å². The average Bonchev–Trinajstić information content (AvgIpc) is 2.66. The number of benzene rings is 2. The van der Waals surface area contributed by atoms with E-state index in [4.69, 9.17) is 4.74 Å². The third-order valence-electron chi connectivity index (χ3n) is 4.41. The van der Waals surface area contributed by atoms with Crippen LogP contribution < -0.4 is 5.32 Å². The van der Waals surface area contributed by atoms with Gasteiger partial charge in [0.15, 0.2) is 0 Å². The fraction of sp³-hybridized carbons (Fsp3) is 0.333. The molecule has 1 fully saturated rings. The van der Waals surface area contributed by atoms with Crippen LogP contribution in [0.1, 0.15) is 19.4 Å². The van der Waals surface area contributed by atoms with Gasteiger partial charge in [-0.1, -0.05) is 42.5 Å². The van der Waals surface area contributed by atoms with Gasteiger partial charge in [0.2, 0.25) is 10.0 Å². The second kappa shape index (κ2) is 8.69. The zero-order valence-electron chi connectivity index (χ0n) is 15.7. The first-order chi connectivity index (χ1) is 12.9. The van der Waals surface area contributed by atoms with Crippen molar-refractivity contribution in [1.82, 2.24) is 4.31 Å². The number of hydrogen-bond acceptors (Lipinski definition) is 4. The van der Waals surface area contributed by atoms with Crippen molar-refractivity contribution in [2.75, 3.05) is 25.0 Å². The first-order valence-corrected chi connectivity index (χ1v) is 10.6. The Labute approximate surface area is 161 Å². The molecule has 1 aliphatic heterocycles. The van der Waals surface area contributed by atoms with Crippen molar-refractivity contribution >= 4 is 21.8 Å². The van der Waals surface area contributed by atoms with Crippen LogP contribution in [0.3, 0.4) is 0 Å². The van der Waals surface area contributed by atoms with Gasteiger partial charge in [0.1, 0.15) is 0 Å². The number of nitrogens with one attached hydrogen (secondary N) is 1. The maximum atomic E-state index is 12.8. The Morgan fingerprint density at radius 2 is 1.67 bits per heavy atom. The number of hydrogen-bond donors (Lipinski definition) is 1. The molecule has 1 heterocycles. The fourth-order valence-corrected chi connectivity index (χ4v) is 4.75. The normalized spacial score (nSPS) is 21.4. The summed E-state index contributed by atoms with van der Waals surface area (Å²) in [6.07, 6.45) is 3.89. The molecule has 1 N–H and O–H groups in total. The van der Waals surface area contributed by atoms with Gasteiger partial charge in [-0.2, -0.15) is 4.31 Å². The van der Waals surface area contributed by atoms with Crippen molar-refractivity contribution < 1.29 is 13.2 Å². The van der Waals surface area contributed by atoms with Crippen molar-refractivity contribution in [3.63, 3.8) is 0 Å². The average molecular weight is 387 g/mol. The van der Waals surface area contributed by atoms with E-state index in [1.807, 2.05) is 56.3 Å². The Morgan fingerprint density at radius 3 is 2.30 bits per heavy atom. The van der Waals surface area contributed by atoms with Crippen molar-refractivity contribution in [1.29, 1.82) is 0 Å². The van der Waals surface area contributed by atoms with E-state index in [9.17, 15) is 8.42 Å². The summed E-state index contributed by atoms with van der Waals surface area (Å²) >= 11 is 0. The topological polar surface area (TPSA) is 58.6 Å². The maximum absolute atomic E-state index is 12.8. The molecule has 1 saturated heterocycles. The molecule has 0 spiro atoms. The lowest BCUT2D eigenvalue weighted by molar-refractivity contribution is -0.0440. The molecule has 3 rings (SSSR count). The molecule has 2 aromatic rings. The van der Waals surface area contributed by atoms with Crippen LogP contribution in [0.25, 0.3) is 6.08 Å². The van der Waals surface area contributed by atoms with Gasteiger partial charge in [0, 0.05) is 25.3 Å². The smallest absolute Gasteiger partial charge is 0.243 e. The standard InChI is InChI=1S/C21H26N2O3S/c1-17-15-23(16-18(2)26-17)27(24,25)21-12-10-20(11-13-21)22-14-6-9-19-7-4-3-5-8-19/h3-13,17-18,22H,14-16H2,1-2H3/b9-6+. The van der Waals surface area contributed by atoms with Crippen LogP contribution in [0.15, 0.2) is 65.6 Å². The highest BCUT2D eigenvalue weighted by Crippen LogP contribution is 2.22. The summed E-state index contributed by atoms with van der Waals surface area (Å²) in [7, 11) is -3.49. The summed E-state index contributed by atoms with van der Waals surface area (Å²) in [5, 5.41) is 3.27. The lowest BCUT2D eigenvalue weighted by Gasteiger charge is -2.34. The van der Waals surface area contributed by atoms with Gasteiger partial charge in [-0.25, -0.2) is 8.42 Å². The summed E-state index contributed by atoms with van der Waals surface area (Å²) in [6, 6.07) is 17.0. The van der Waals surface area contributed by atoms with Crippen LogP contribution in [0, 0.1) is 0 Å². The molecule has 1 aliphatic rings. The van der Waals surface area contributed by atoms with E-state index in [1.165, 1.54) is 4.31 Å². The molecule has 144 valence electrons. The highest BCUT2D eigenvalue weighted by atomic mass is 32.2. The van der Waals surface area contributed by atoms with Gasteiger partial charge in [0.25, 0.3) is 0 Å². The number of morpholine rings is 1. The number of rotatable bonds is 6. The molecule has 0 radical (unpaired) electrons. The molecule has 0 bridgehead atoms. The first kappa shape index (κ1) is 19.6. The Kier molecular flexibility index (Phi) is 6.31. The molecule has 6 heteroatoms. The number of sulfonamides is 1. The number of anilines is 1. The zero-order chi connectivity index (χ0) is 19.3. The minimum atomic E-state index is -3.49. The van der Waals surface area contributed by atoms with E-state index in [1.54, 1.807) is 24.3 Å². The molecule has 0 amide bonds. The molecule has 5 nitrogen and oxygen atoms in total. The van der Waals surface area contributed by atoms with E-state index in [0.717, 1.165) is 11.3 Å². The lowest BCUT2D eigenvalue weighted by Crippen LogP contribution is -2.48. The molecular weight excluding hydrogens is 360 g/mol. The van der Waals surface area contributed by atoms with Gasteiger partial charge < -0.3 is 10.1 Å².